The molecule has 15 heavy (non-hydrogen) atoms. The van der Waals surface area contributed by atoms with E-state index in [4.69, 9.17) is 5.73 Å². The predicted octanol–water partition coefficient (Wildman–Crippen LogP) is 2.01. The first kappa shape index (κ1) is 14.2. The molecule has 90 valence electrons. The summed E-state index contributed by atoms with van der Waals surface area (Å²) in [6.45, 7) is -0.771. The lowest BCUT2D eigenvalue weighted by molar-refractivity contribution is -0.319. The molecule has 0 atom stereocenters. The van der Waals surface area contributed by atoms with Gasteiger partial charge >= 0.3 is 12.4 Å². The third-order valence-corrected chi connectivity index (χ3v) is 1.26. The van der Waals surface area contributed by atoms with Gasteiger partial charge in [-0.15, -0.1) is 0 Å². The normalized spacial score (nSPS) is 14.1. The van der Waals surface area contributed by atoms with Crippen molar-refractivity contribution in [3.63, 3.8) is 0 Å². The quantitative estimate of drug-likeness (QED) is 0.599. The lowest BCUT2D eigenvalue weighted by atomic mass is 10.3. The number of hydrogen-bond donors (Lipinski definition) is 1. The van der Waals surface area contributed by atoms with Gasteiger partial charge in [-0.1, -0.05) is 12.2 Å². The van der Waals surface area contributed by atoms with Crippen LogP contribution in [0.2, 0.25) is 0 Å². The molecule has 0 fully saturated rings. The molecule has 0 heterocycles. The summed E-state index contributed by atoms with van der Waals surface area (Å²) in [4.78, 5) is 0. The van der Waals surface area contributed by atoms with Crippen LogP contribution in [0.5, 0.6) is 0 Å². The highest BCUT2D eigenvalue weighted by Gasteiger charge is 2.57. The molecule has 0 aromatic carbocycles. The van der Waals surface area contributed by atoms with E-state index in [2.05, 4.69) is 4.74 Å². The molecule has 0 aromatic heterocycles. The highest BCUT2D eigenvalue weighted by molar-refractivity contribution is 4.84. The minimum atomic E-state index is -5.46. The molecule has 0 spiro atoms. The zero-order chi connectivity index (χ0) is 12.1. The monoisotopic (exact) mass is 237 g/mol. The van der Waals surface area contributed by atoms with Gasteiger partial charge in [0.1, 0.15) is 0 Å². The van der Waals surface area contributed by atoms with Crippen LogP contribution in [-0.2, 0) is 4.74 Å². The average Bonchev–Trinajstić information content (AvgIpc) is 1.99. The summed E-state index contributed by atoms with van der Waals surface area (Å²) in [7, 11) is 0. The van der Waals surface area contributed by atoms with Crippen LogP contribution in [0.25, 0.3) is 0 Å². The molecule has 2 N–H and O–H groups in total. The lowest BCUT2D eigenvalue weighted by Crippen LogP contribution is -2.44. The predicted molar refractivity (Wildman–Crippen MR) is 40.0 cm³/mol. The Bertz CT molecular complexity index is 195. The number of halogens is 6. The molecule has 0 unspecified atom stereocenters. The number of ether oxygens (including phenoxy) is 1. The second-order valence-electron chi connectivity index (χ2n) is 2.50. The molecule has 0 rings (SSSR count). The second-order valence-corrected chi connectivity index (χ2v) is 2.50. The van der Waals surface area contributed by atoms with Crippen molar-refractivity contribution < 1.29 is 31.1 Å². The highest BCUT2D eigenvalue weighted by atomic mass is 19.4. The smallest absolute Gasteiger partial charge is 0.357 e. The Morgan fingerprint density at radius 3 is 1.80 bits per heavy atom. The first-order chi connectivity index (χ1) is 6.69. The van der Waals surface area contributed by atoms with Crippen LogP contribution in [0.3, 0.4) is 0 Å². The Hall–Kier alpha value is -0.760. The van der Waals surface area contributed by atoms with Gasteiger partial charge in [-0.25, -0.2) is 0 Å². The van der Waals surface area contributed by atoms with Gasteiger partial charge in [-0.2, -0.15) is 26.3 Å². The molecular formula is C7H9F6NO. The van der Waals surface area contributed by atoms with Gasteiger partial charge < -0.3 is 10.5 Å². The third-order valence-electron chi connectivity index (χ3n) is 1.26. The number of hydrogen-bond acceptors (Lipinski definition) is 2. The molecule has 0 aliphatic heterocycles. The van der Waals surface area contributed by atoms with E-state index >= 15 is 0 Å². The summed E-state index contributed by atoms with van der Waals surface area (Å²) in [5.74, 6) is 0. The Labute approximate surface area is 81.7 Å². The molecule has 2 nitrogen and oxygen atoms in total. The van der Waals surface area contributed by atoms with Crippen molar-refractivity contribution >= 4 is 0 Å². The van der Waals surface area contributed by atoms with Crippen LogP contribution in [0, 0.1) is 0 Å². The van der Waals surface area contributed by atoms with E-state index in [0.717, 1.165) is 6.08 Å². The summed E-state index contributed by atoms with van der Waals surface area (Å²) in [6, 6.07) is 0. The maximum absolute atomic E-state index is 11.8. The Kier molecular flexibility index (Phi) is 5.09. The molecule has 0 saturated heterocycles. The van der Waals surface area contributed by atoms with E-state index in [9.17, 15) is 26.3 Å². The van der Waals surface area contributed by atoms with Crippen LogP contribution < -0.4 is 5.73 Å². The highest BCUT2D eigenvalue weighted by Crippen LogP contribution is 2.35. The summed E-state index contributed by atoms with van der Waals surface area (Å²) >= 11 is 0. The molecule has 0 amide bonds. The average molecular weight is 237 g/mol. The summed E-state index contributed by atoms with van der Waals surface area (Å²) in [5.41, 5.74) is 4.93. The summed E-state index contributed by atoms with van der Waals surface area (Å²) in [5, 5.41) is 0. The zero-order valence-electron chi connectivity index (χ0n) is 7.40. The van der Waals surface area contributed by atoms with Crippen LogP contribution >= 0.6 is 0 Å². The summed E-state index contributed by atoms with van der Waals surface area (Å²) < 4.78 is 74.7. The molecule has 0 saturated carbocycles. The van der Waals surface area contributed by atoms with Gasteiger partial charge in [0.25, 0.3) is 0 Å². The Morgan fingerprint density at radius 1 is 1.00 bits per heavy atom. The van der Waals surface area contributed by atoms with Gasteiger partial charge in [-0.05, 0) is 0 Å². The molecule has 0 aromatic rings. The molecular weight excluding hydrogens is 228 g/mol. The maximum Gasteiger partial charge on any atom is 0.423 e. The van der Waals surface area contributed by atoms with Crippen LogP contribution in [-0.4, -0.2) is 31.6 Å². The van der Waals surface area contributed by atoms with E-state index in [1.807, 2.05) is 0 Å². The van der Waals surface area contributed by atoms with E-state index in [1.165, 1.54) is 6.08 Å². The standard InChI is InChI=1S/C7H9F6NO/c8-6(9,10)5(7(11,12)13)15-4-2-1-3-14/h1-2,5H,3-4,14H2/b2-1+. The van der Waals surface area contributed by atoms with Crippen molar-refractivity contribution in [1.29, 1.82) is 0 Å². The molecule has 0 aliphatic carbocycles. The van der Waals surface area contributed by atoms with Crippen molar-refractivity contribution in [1.82, 2.24) is 0 Å². The largest absolute Gasteiger partial charge is 0.423 e. The van der Waals surface area contributed by atoms with Crippen LogP contribution in [0.1, 0.15) is 0 Å². The number of nitrogens with two attached hydrogens (primary N) is 1. The van der Waals surface area contributed by atoms with E-state index in [1.54, 1.807) is 0 Å². The SMILES string of the molecule is NC/C=C/COC(C(F)(F)F)C(F)(F)F. The minimum absolute atomic E-state index is 0.0199. The van der Waals surface area contributed by atoms with E-state index < -0.39 is 25.1 Å². The lowest BCUT2D eigenvalue weighted by Gasteiger charge is -2.22. The fraction of sp³-hybridized carbons (Fsp3) is 0.714. The van der Waals surface area contributed by atoms with Gasteiger partial charge in [0.15, 0.2) is 0 Å². The van der Waals surface area contributed by atoms with Crippen molar-refractivity contribution in [2.24, 2.45) is 5.73 Å². The topological polar surface area (TPSA) is 35.2 Å². The van der Waals surface area contributed by atoms with Crippen molar-refractivity contribution in [3.8, 4) is 0 Å². The molecule has 0 bridgehead atoms. The first-order valence-corrected chi connectivity index (χ1v) is 3.79. The van der Waals surface area contributed by atoms with Crippen LogP contribution in [0.15, 0.2) is 12.2 Å². The van der Waals surface area contributed by atoms with Gasteiger partial charge in [0, 0.05) is 6.54 Å². The van der Waals surface area contributed by atoms with Crippen molar-refractivity contribution in [2.75, 3.05) is 13.2 Å². The number of rotatable bonds is 4. The molecule has 8 heteroatoms. The minimum Gasteiger partial charge on any atom is -0.357 e. The fourth-order valence-electron chi connectivity index (χ4n) is 0.691. The van der Waals surface area contributed by atoms with Gasteiger partial charge in [0.05, 0.1) is 6.61 Å². The fourth-order valence-corrected chi connectivity index (χ4v) is 0.691. The van der Waals surface area contributed by atoms with E-state index in [-0.39, 0.29) is 6.54 Å². The first-order valence-electron chi connectivity index (χ1n) is 3.79. The second kappa shape index (κ2) is 5.36. The maximum atomic E-state index is 11.8. The Morgan fingerprint density at radius 2 is 1.47 bits per heavy atom. The van der Waals surface area contributed by atoms with E-state index in [0.29, 0.717) is 0 Å². The van der Waals surface area contributed by atoms with Gasteiger partial charge in [-0.3, -0.25) is 0 Å². The van der Waals surface area contributed by atoms with Gasteiger partial charge in [0.2, 0.25) is 6.10 Å². The zero-order valence-corrected chi connectivity index (χ0v) is 7.40. The number of alkyl halides is 6. The summed E-state index contributed by atoms with van der Waals surface area (Å²) in [6.07, 6.45) is -12.5. The van der Waals surface area contributed by atoms with Crippen molar-refractivity contribution in [2.45, 2.75) is 18.5 Å². The Balaban J connectivity index is 4.35. The third kappa shape index (κ3) is 5.63. The van der Waals surface area contributed by atoms with Crippen molar-refractivity contribution in [3.05, 3.63) is 12.2 Å². The molecule has 0 aliphatic rings. The molecule has 0 radical (unpaired) electrons. The van der Waals surface area contributed by atoms with Crippen LogP contribution in [0.4, 0.5) is 26.3 Å².